The van der Waals surface area contributed by atoms with Crippen LogP contribution in [0.1, 0.15) is 28.8 Å². The molecular weight excluding hydrogens is 236 g/mol. The van der Waals surface area contributed by atoms with Crippen LogP contribution in [-0.2, 0) is 10.5 Å². The highest BCUT2D eigenvalue weighted by Crippen LogP contribution is 2.25. The van der Waals surface area contributed by atoms with Crippen molar-refractivity contribution in [3.8, 4) is 0 Å². The number of thioether (sulfide) groups is 1. The van der Waals surface area contributed by atoms with Crippen LogP contribution < -0.4 is 0 Å². The van der Waals surface area contributed by atoms with Crippen molar-refractivity contribution in [3.63, 3.8) is 0 Å². The van der Waals surface area contributed by atoms with Crippen LogP contribution >= 0.6 is 11.8 Å². The number of hydrogen-bond donors (Lipinski definition) is 1. The molecule has 1 aliphatic rings. The van der Waals surface area contributed by atoms with E-state index in [1.54, 1.807) is 12.1 Å². The molecule has 0 bridgehead atoms. The van der Waals surface area contributed by atoms with Gasteiger partial charge in [0.25, 0.3) is 0 Å². The van der Waals surface area contributed by atoms with E-state index in [1.807, 2.05) is 23.9 Å². The average molecular weight is 252 g/mol. The van der Waals surface area contributed by atoms with Gasteiger partial charge in [0.2, 0.25) is 0 Å². The monoisotopic (exact) mass is 252 g/mol. The van der Waals surface area contributed by atoms with Crippen LogP contribution in [0.4, 0.5) is 0 Å². The molecule has 1 heterocycles. The first-order valence-corrected chi connectivity index (χ1v) is 6.82. The minimum Gasteiger partial charge on any atom is -0.478 e. The van der Waals surface area contributed by atoms with Crippen molar-refractivity contribution in [1.82, 2.24) is 0 Å². The molecule has 1 aromatic rings. The smallest absolute Gasteiger partial charge is 0.335 e. The highest BCUT2D eigenvalue weighted by molar-refractivity contribution is 7.99. The molecule has 0 radical (unpaired) electrons. The van der Waals surface area contributed by atoms with Crippen molar-refractivity contribution >= 4 is 17.7 Å². The Bertz CT molecular complexity index is 369. The van der Waals surface area contributed by atoms with Gasteiger partial charge in [0, 0.05) is 24.2 Å². The Labute approximate surface area is 105 Å². The normalized spacial score (nSPS) is 16.9. The number of benzene rings is 1. The maximum atomic E-state index is 10.7. The molecule has 0 atom stereocenters. The van der Waals surface area contributed by atoms with E-state index in [9.17, 15) is 4.79 Å². The molecule has 0 saturated carbocycles. The maximum Gasteiger partial charge on any atom is 0.335 e. The Hall–Kier alpha value is -1.00. The molecule has 92 valence electrons. The molecule has 0 aromatic heterocycles. The van der Waals surface area contributed by atoms with Gasteiger partial charge in [-0.15, -0.1) is 0 Å². The molecule has 1 N–H and O–H groups in total. The third-order valence-electron chi connectivity index (χ3n) is 2.85. The number of hydrogen-bond acceptors (Lipinski definition) is 3. The van der Waals surface area contributed by atoms with Crippen molar-refractivity contribution in [2.45, 2.75) is 23.8 Å². The molecule has 4 heteroatoms. The highest BCUT2D eigenvalue weighted by Gasteiger charge is 2.13. The Balaban J connectivity index is 1.84. The Kier molecular flexibility index (Phi) is 4.45. The minimum absolute atomic E-state index is 0.352. The summed E-state index contributed by atoms with van der Waals surface area (Å²) in [6.07, 6.45) is 2.25. The average Bonchev–Trinajstić information content (AvgIpc) is 2.38. The first-order valence-electron chi connectivity index (χ1n) is 5.77. The molecule has 0 unspecified atom stereocenters. The zero-order valence-corrected chi connectivity index (χ0v) is 10.4. The third-order valence-corrected chi connectivity index (χ3v) is 4.30. The van der Waals surface area contributed by atoms with E-state index < -0.39 is 5.97 Å². The molecule has 1 aliphatic heterocycles. The van der Waals surface area contributed by atoms with Crippen LogP contribution in [0.2, 0.25) is 0 Å². The Morgan fingerprint density at radius 1 is 1.29 bits per heavy atom. The summed E-state index contributed by atoms with van der Waals surface area (Å²) >= 11 is 1.94. The van der Waals surface area contributed by atoms with Crippen LogP contribution in [0.3, 0.4) is 0 Å². The second kappa shape index (κ2) is 6.07. The fraction of sp³-hybridized carbons (Fsp3) is 0.462. The van der Waals surface area contributed by atoms with Crippen molar-refractivity contribution < 1.29 is 14.6 Å². The molecule has 1 fully saturated rings. The van der Waals surface area contributed by atoms with Gasteiger partial charge in [-0.2, -0.15) is 11.8 Å². The summed E-state index contributed by atoms with van der Waals surface area (Å²) in [5, 5.41) is 9.47. The van der Waals surface area contributed by atoms with Crippen LogP contribution in [0.5, 0.6) is 0 Å². The summed E-state index contributed by atoms with van der Waals surface area (Å²) in [5.74, 6) is 0.0820. The van der Waals surface area contributed by atoms with Crippen LogP contribution in [0.25, 0.3) is 0 Å². The van der Waals surface area contributed by atoms with Gasteiger partial charge in [-0.1, -0.05) is 12.1 Å². The molecule has 1 saturated heterocycles. The van der Waals surface area contributed by atoms with Gasteiger partial charge in [0.1, 0.15) is 0 Å². The maximum absolute atomic E-state index is 10.7. The Morgan fingerprint density at radius 3 is 2.53 bits per heavy atom. The molecule has 3 nitrogen and oxygen atoms in total. The van der Waals surface area contributed by atoms with Crippen LogP contribution in [0, 0.1) is 0 Å². The number of rotatable bonds is 4. The summed E-state index contributed by atoms with van der Waals surface area (Å²) in [6.45, 7) is 1.74. The van der Waals surface area contributed by atoms with E-state index in [4.69, 9.17) is 9.84 Å². The van der Waals surface area contributed by atoms with Crippen LogP contribution in [0.15, 0.2) is 24.3 Å². The van der Waals surface area contributed by atoms with E-state index in [0.29, 0.717) is 10.8 Å². The van der Waals surface area contributed by atoms with E-state index in [-0.39, 0.29) is 0 Å². The predicted molar refractivity (Wildman–Crippen MR) is 68.5 cm³/mol. The van der Waals surface area contributed by atoms with Gasteiger partial charge in [-0.3, -0.25) is 0 Å². The fourth-order valence-electron chi connectivity index (χ4n) is 1.80. The van der Waals surface area contributed by atoms with E-state index in [0.717, 1.165) is 31.8 Å². The van der Waals surface area contributed by atoms with Gasteiger partial charge in [-0.25, -0.2) is 4.79 Å². The lowest BCUT2D eigenvalue weighted by Crippen LogP contribution is -2.17. The molecule has 2 rings (SSSR count). The van der Waals surface area contributed by atoms with Gasteiger partial charge < -0.3 is 9.84 Å². The predicted octanol–water partition coefficient (Wildman–Crippen LogP) is 2.80. The number of aromatic carboxylic acids is 1. The summed E-state index contributed by atoms with van der Waals surface area (Å²) < 4.78 is 5.32. The standard InChI is InChI=1S/C13H16O3S/c14-13(15)11-3-1-10(2-4-11)9-17-12-5-7-16-8-6-12/h1-4,12H,5-9H2,(H,14,15). The first kappa shape index (κ1) is 12.5. The second-order valence-corrected chi connectivity index (χ2v) is 5.41. The lowest BCUT2D eigenvalue weighted by atomic mass is 10.1. The summed E-state index contributed by atoms with van der Waals surface area (Å²) in [4.78, 5) is 10.7. The summed E-state index contributed by atoms with van der Waals surface area (Å²) in [7, 11) is 0. The highest BCUT2D eigenvalue weighted by atomic mass is 32.2. The van der Waals surface area contributed by atoms with Crippen molar-refractivity contribution in [1.29, 1.82) is 0 Å². The first-order chi connectivity index (χ1) is 8.25. The molecule has 17 heavy (non-hydrogen) atoms. The molecule has 0 spiro atoms. The summed E-state index contributed by atoms with van der Waals surface area (Å²) in [6, 6.07) is 7.13. The third kappa shape index (κ3) is 3.75. The Morgan fingerprint density at radius 2 is 1.94 bits per heavy atom. The minimum atomic E-state index is -0.867. The van der Waals surface area contributed by atoms with Crippen molar-refractivity contribution in [3.05, 3.63) is 35.4 Å². The lowest BCUT2D eigenvalue weighted by molar-refractivity contribution is 0.0697. The molecular formula is C13H16O3S. The summed E-state index contributed by atoms with van der Waals surface area (Å²) in [5.41, 5.74) is 1.54. The van der Waals surface area contributed by atoms with Gasteiger partial charge in [-0.05, 0) is 30.5 Å². The van der Waals surface area contributed by atoms with E-state index in [2.05, 4.69) is 0 Å². The second-order valence-electron chi connectivity index (χ2n) is 4.12. The van der Waals surface area contributed by atoms with E-state index in [1.165, 1.54) is 5.56 Å². The van der Waals surface area contributed by atoms with Crippen molar-refractivity contribution in [2.75, 3.05) is 13.2 Å². The number of carbonyl (C=O) groups is 1. The van der Waals surface area contributed by atoms with Crippen molar-refractivity contribution in [2.24, 2.45) is 0 Å². The largest absolute Gasteiger partial charge is 0.478 e. The topological polar surface area (TPSA) is 46.5 Å². The van der Waals surface area contributed by atoms with Gasteiger partial charge >= 0.3 is 5.97 Å². The quantitative estimate of drug-likeness (QED) is 0.895. The number of ether oxygens (including phenoxy) is 1. The molecule has 1 aromatic carbocycles. The zero-order chi connectivity index (χ0) is 12.1. The van der Waals surface area contributed by atoms with Crippen LogP contribution in [-0.4, -0.2) is 29.5 Å². The molecule has 0 amide bonds. The fourth-order valence-corrected chi connectivity index (χ4v) is 2.95. The lowest BCUT2D eigenvalue weighted by Gasteiger charge is -2.21. The van der Waals surface area contributed by atoms with Gasteiger partial charge in [0.15, 0.2) is 0 Å². The number of carboxylic acid groups (broad SMARTS) is 1. The number of carboxylic acids is 1. The molecule has 0 aliphatic carbocycles. The SMILES string of the molecule is O=C(O)c1ccc(CSC2CCOCC2)cc1. The van der Waals surface area contributed by atoms with Gasteiger partial charge in [0.05, 0.1) is 5.56 Å². The van der Waals surface area contributed by atoms with E-state index >= 15 is 0 Å². The zero-order valence-electron chi connectivity index (χ0n) is 9.59.